The first-order valence-electron chi connectivity index (χ1n) is 17.8. The Bertz CT molecular complexity index is 991. The van der Waals surface area contributed by atoms with Crippen molar-refractivity contribution in [1.82, 2.24) is 0 Å². The first kappa shape index (κ1) is 35.6. The third-order valence-electron chi connectivity index (χ3n) is 13.9. The number of methoxy groups -OCH3 is 1. The molecule has 4 aliphatic rings. The summed E-state index contributed by atoms with van der Waals surface area (Å²) in [4.78, 5) is 12.0. The number of carbonyl (C=O) groups is 1. The molecule has 6 unspecified atom stereocenters. The van der Waals surface area contributed by atoms with Gasteiger partial charge in [-0.1, -0.05) is 54.9 Å². The Balaban J connectivity index is 1.69. The molecule has 12 atom stereocenters. The van der Waals surface area contributed by atoms with Crippen LogP contribution in [0.3, 0.4) is 0 Å². The molecule has 0 N–H and O–H groups in total. The lowest BCUT2D eigenvalue weighted by Crippen LogP contribution is -2.67. The first-order chi connectivity index (χ1) is 19.7. The van der Waals surface area contributed by atoms with E-state index in [9.17, 15) is 4.79 Å². The van der Waals surface area contributed by atoms with Crippen LogP contribution in [0.15, 0.2) is 0 Å². The van der Waals surface area contributed by atoms with Gasteiger partial charge in [0.15, 0.2) is 16.6 Å². The van der Waals surface area contributed by atoms with Gasteiger partial charge in [0.25, 0.3) is 0 Å². The summed E-state index contributed by atoms with van der Waals surface area (Å²) in [6, 6.07) is 0. The summed E-state index contributed by atoms with van der Waals surface area (Å²) in [6.45, 7) is 28.1. The summed E-state index contributed by atoms with van der Waals surface area (Å²) in [5.41, 5.74) is 0.226. The number of esters is 1. The Morgan fingerprint density at radius 3 is 2.12 bits per heavy atom. The molecule has 0 bridgehead atoms. The third-order valence-corrected chi connectivity index (χ3v) is 19.4. The van der Waals surface area contributed by atoms with E-state index in [1.54, 1.807) is 0 Å². The van der Waals surface area contributed by atoms with Crippen LogP contribution in [-0.2, 0) is 18.4 Å². The lowest BCUT2D eigenvalue weighted by molar-refractivity contribution is -0.217. The van der Waals surface area contributed by atoms with Crippen molar-refractivity contribution in [3.05, 3.63) is 0 Å². The molecule has 7 heteroatoms. The van der Waals surface area contributed by atoms with Gasteiger partial charge in [-0.3, -0.25) is 4.79 Å². The minimum Gasteiger partial charge on any atom is -0.469 e. The molecular weight excluding hydrogens is 572 g/mol. The van der Waals surface area contributed by atoms with Crippen molar-refractivity contribution in [2.75, 3.05) is 7.11 Å². The predicted molar refractivity (Wildman–Crippen MR) is 181 cm³/mol. The van der Waals surface area contributed by atoms with Crippen LogP contribution in [0.5, 0.6) is 0 Å². The summed E-state index contributed by atoms with van der Waals surface area (Å²) >= 11 is 0. The van der Waals surface area contributed by atoms with Crippen molar-refractivity contribution in [3.8, 4) is 0 Å². The highest BCUT2D eigenvalue weighted by Gasteiger charge is 2.68. The molecule has 0 aromatic rings. The number of rotatable bonds is 9. The highest BCUT2D eigenvalue weighted by atomic mass is 28.4. The van der Waals surface area contributed by atoms with Gasteiger partial charge in [-0.05, 0) is 129 Å². The zero-order valence-electron chi connectivity index (χ0n) is 30.1. The van der Waals surface area contributed by atoms with Crippen LogP contribution >= 0.6 is 0 Å². The summed E-state index contributed by atoms with van der Waals surface area (Å²) in [5.74, 6) is 2.81. The van der Waals surface area contributed by atoms with Crippen molar-refractivity contribution >= 4 is 22.6 Å². The predicted octanol–water partition coefficient (Wildman–Crippen LogP) is 10.0. The molecular formula is C36H67FO4Si2. The Hall–Kier alpha value is -0.246. The summed E-state index contributed by atoms with van der Waals surface area (Å²) in [5, 5.41) is 0.0690. The van der Waals surface area contributed by atoms with E-state index in [4.69, 9.17) is 13.6 Å². The standard InChI is InChI=1S/C36H67FO4Si2/c1-14-24-31-32(37)28(40-43(12,13)34(3,4)5)20-22-36(31,7)27-19-21-35(6)25(23(2)15-18-29(38)39-8)16-17-26(35)30(27)33(24)41-42(9,10)11/h23-28,30-33H,14-22H2,1-13H3/t23-,24-,25?,26?,27?,28?,30?,31-,32+,33?,35-,36-/m1/s1. The van der Waals surface area contributed by atoms with Crippen molar-refractivity contribution in [3.63, 3.8) is 0 Å². The molecule has 0 spiro atoms. The largest absolute Gasteiger partial charge is 0.469 e. The second-order valence-corrected chi connectivity index (χ2v) is 27.5. The van der Waals surface area contributed by atoms with Gasteiger partial charge in [-0.15, -0.1) is 0 Å². The van der Waals surface area contributed by atoms with E-state index >= 15 is 4.39 Å². The Morgan fingerprint density at radius 2 is 1.56 bits per heavy atom. The van der Waals surface area contributed by atoms with Gasteiger partial charge in [0.05, 0.1) is 19.3 Å². The highest BCUT2D eigenvalue weighted by Crippen LogP contribution is 2.70. The lowest BCUT2D eigenvalue weighted by Gasteiger charge is -2.67. The average molecular weight is 639 g/mol. The van der Waals surface area contributed by atoms with Crippen molar-refractivity contribution in [1.29, 1.82) is 0 Å². The van der Waals surface area contributed by atoms with Gasteiger partial charge < -0.3 is 13.6 Å². The van der Waals surface area contributed by atoms with Gasteiger partial charge in [0.1, 0.15) is 6.17 Å². The van der Waals surface area contributed by atoms with Crippen LogP contribution in [0.1, 0.15) is 106 Å². The SMILES string of the molecule is CC[C@H]1C(O[Si](C)(C)C)C2C3CCC([C@H](C)CCC(=O)OC)[C@@]3(C)CCC2[C@@]2(C)CCC(O[Si](C)(C)C(C)(C)C)[C@H](F)[C@@H]12. The molecule has 43 heavy (non-hydrogen) atoms. The van der Waals surface area contributed by atoms with Crippen LogP contribution in [0, 0.1) is 52.3 Å². The molecule has 0 aromatic carbocycles. The maximum atomic E-state index is 17.3. The molecule has 0 aliphatic heterocycles. The van der Waals surface area contributed by atoms with Crippen LogP contribution in [0.25, 0.3) is 0 Å². The topological polar surface area (TPSA) is 44.8 Å². The second kappa shape index (κ2) is 12.4. The molecule has 4 aliphatic carbocycles. The molecule has 4 nitrogen and oxygen atoms in total. The van der Waals surface area contributed by atoms with Gasteiger partial charge in [-0.2, -0.15) is 0 Å². The van der Waals surface area contributed by atoms with Gasteiger partial charge >= 0.3 is 5.97 Å². The minimum atomic E-state index is -2.09. The van der Waals surface area contributed by atoms with Gasteiger partial charge in [-0.25, -0.2) is 4.39 Å². The first-order valence-corrected chi connectivity index (χ1v) is 24.1. The second-order valence-electron chi connectivity index (χ2n) is 18.3. The van der Waals surface area contributed by atoms with Crippen LogP contribution in [0.2, 0.25) is 37.8 Å². The zero-order valence-corrected chi connectivity index (χ0v) is 32.1. The number of carbonyl (C=O) groups excluding carboxylic acids is 1. The van der Waals surface area contributed by atoms with Gasteiger partial charge in [0, 0.05) is 12.3 Å². The normalized spacial score (nSPS) is 42.5. The van der Waals surface area contributed by atoms with E-state index in [0.717, 1.165) is 25.7 Å². The maximum absolute atomic E-state index is 17.3. The Labute approximate surface area is 266 Å². The minimum absolute atomic E-state index is 0.0100. The molecule has 0 radical (unpaired) electrons. The smallest absolute Gasteiger partial charge is 0.305 e. The Morgan fingerprint density at radius 1 is 0.953 bits per heavy atom. The van der Waals surface area contributed by atoms with E-state index in [-0.39, 0.29) is 45.9 Å². The van der Waals surface area contributed by atoms with Crippen molar-refractivity contribution in [2.45, 2.75) is 162 Å². The van der Waals surface area contributed by atoms with Crippen LogP contribution in [-0.4, -0.2) is 48.1 Å². The highest BCUT2D eigenvalue weighted by molar-refractivity contribution is 6.74. The fraction of sp³-hybridized carbons (Fsp3) is 0.972. The number of hydrogen-bond acceptors (Lipinski definition) is 4. The maximum Gasteiger partial charge on any atom is 0.305 e. The molecule has 250 valence electrons. The molecule has 0 aromatic heterocycles. The van der Waals surface area contributed by atoms with Crippen LogP contribution in [0.4, 0.5) is 4.39 Å². The van der Waals surface area contributed by atoms with E-state index < -0.39 is 22.8 Å². The fourth-order valence-corrected chi connectivity index (χ4v) is 13.3. The van der Waals surface area contributed by atoms with E-state index in [2.05, 4.69) is 81.2 Å². The number of hydrogen-bond donors (Lipinski definition) is 0. The monoisotopic (exact) mass is 638 g/mol. The number of alkyl halides is 1. The zero-order chi connectivity index (χ0) is 32.3. The molecule has 0 amide bonds. The molecule has 4 fully saturated rings. The van der Waals surface area contributed by atoms with Crippen LogP contribution < -0.4 is 0 Å². The van der Waals surface area contributed by atoms with E-state index in [0.29, 0.717) is 36.0 Å². The van der Waals surface area contributed by atoms with Crippen molar-refractivity contribution in [2.24, 2.45) is 52.3 Å². The number of halogens is 1. The quantitative estimate of drug-likeness (QED) is 0.186. The van der Waals surface area contributed by atoms with E-state index in [1.165, 1.54) is 32.8 Å². The molecule has 0 saturated heterocycles. The number of ether oxygens (including phenoxy) is 1. The van der Waals surface area contributed by atoms with E-state index in [1.807, 2.05) is 0 Å². The average Bonchev–Trinajstić information content (AvgIpc) is 3.25. The molecule has 0 heterocycles. The van der Waals surface area contributed by atoms with Gasteiger partial charge in [0.2, 0.25) is 0 Å². The Kier molecular flexibility index (Phi) is 10.3. The summed E-state index contributed by atoms with van der Waals surface area (Å²) in [7, 11) is -2.49. The fourth-order valence-electron chi connectivity index (χ4n) is 10.8. The lowest BCUT2D eigenvalue weighted by atomic mass is 9.41. The summed E-state index contributed by atoms with van der Waals surface area (Å²) in [6.07, 6.45) is 8.04. The number of fused-ring (bicyclic) bond motifs is 5. The molecule has 4 rings (SSSR count). The third kappa shape index (κ3) is 6.50. The summed E-state index contributed by atoms with van der Waals surface area (Å²) < 4.78 is 36.4. The van der Waals surface area contributed by atoms with Crippen molar-refractivity contribution < 1.29 is 22.8 Å². The molecule has 4 saturated carbocycles.